The van der Waals surface area contributed by atoms with E-state index in [4.69, 9.17) is 5.73 Å². The van der Waals surface area contributed by atoms with Gasteiger partial charge in [0.05, 0.1) is 6.04 Å². The maximum absolute atomic E-state index is 12.3. The number of carbonyl (C=O) groups excluding carboxylic acids is 1. The van der Waals surface area contributed by atoms with Crippen LogP contribution < -0.4 is 11.1 Å². The molecule has 4 N–H and O–H groups in total. The van der Waals surface area contributed by atoms with E-state index in [1.54, 1.807) is 0 Å². The van der Waals surface area contributed by atoms with Crippen LogP contribution in [0, 0.1) is 5.92 Å². The summed E-state index contributed by atoms with van der Waals surface area (Å²) in [7, 11) is 0. The SMILES string of the molecule is N[C@@H](CCc1ccccc1)C(C(=O)O)C(=O)[C@@H]1CCCN1. The highest BCUT2D eigenvalue weighted by atomic mass is 16.4. The molecule has 5 nitrogen and oxygen atoms in total. The summed E-state index contributed by atoms with van der Waals surface area (Å²) in [6.07, 6.45) is 2.77. The fourth-order valence-electron chi connectivity index (χ4n) is 2.80. The molecule has 0 spiro atoms. The summed E-state index contributed by atoms with van der Waals surface area (Å²) in [4.78, 5) is 23.7. The lowest BCUT2D eigenvalue weighted by Gasteiger charge is -2.22. The summed E-state index contributed by atoms with van der Waals surface area (Å²) >= 11 is 0. The van der Waals surface area contributed by atoms with Crippen molar-refractivity contribution in [2.24, 2.45) is 11.7 Å². The third-order valence-corrected chi connectivity index (χ3v) is 4.01. The summed E-state index contributed by atoms with van der Waals surface area (Å²) in [5, 5.41) is 12.4. The number of aryl methyl sites for hydroxylation is 1. The van der Waals surface area contributed by atoms with Crippen LogP contribution >= 0.6 is 0 Å². The predicted molar refractivity (Wildman–Crippen MR) is 79.9 cm³/mol. The molecule has 21 heavy (non-hydrogen) atoms. The van der Waals surface area contributed by atoms with Crippen LogP contribution in [0.15, 0.2) is 30.3 Å². The molecule has 0 radical (unpaired) electrons. The summed E-state index contributed by atoms with van der Waals surface area (Å²) in [6.45, 7) is 0.766. The molecular formula is C16H22N2O3. The molecule has 1 unspecified atom stereocenters. The molecule has 1 fully saturated rings. The van der Waals surface area contributed by atoms with Gasteiger partial charge in [-0.3, -0.25) is 9.59 Å². The Morgan fingerprint density at radius 3 is 2.62 bits per heavy atom. The molecule has 0 saturated carbocycles. The highest BCUT2D eigenvalue weighted by molar-refractivity contribution is 6.01. The van der Waals surface area contributed by atoms with Gasteiger partial charge in [-0.1, -0.05) is 30.3 Å². The van der Waals surface area contributed by atoms with E-state index in [9.17, 15) is 14.7 Å². The van der Waals surface area contributed by atoms with Gasteiger partial charge in [-0.25, -0.2) is 0 Å². The average molecular weight is 290 g/mol. The standard InChI is InChI=1S/C16H22N2O3/c17-12(9-8-11-5-2-1-3-6-11)14(16(20)21)15(19)13-7-4-10-18-13/h1-3,5-6,12-14,18H,4,7-10,17H2,(H,20,21)/t12-,13-,14?/m0/s1. The molecule has 0 bridgehead atoms. The average Bonchev–Trinajstić information content (AvgIpc) is 3.00. The first kappa shape index (κ1) is 15.7. The Hall–Kier alpha value is -1.72. The maximum Gasteiger partial charge on any atom is 0.315 e. The fourth-order valence-corrected chi connectivity index (χ4v) is 2.80. The zero-order valence-electron chi connectivity index (χ0n) is 12.0. The van der Waals surface area contributed by atoms with Crippen molar-refractivity contribution in [3.8, 4) is 0 Å². The van der Waals surface area contributed by atoms with Gasteiger partial charge in [0.25, 0.3) is 0 Å². The van der Waals surface area contributed by atoms with Crippen LogP contribution in [0.25, 0.3) is 0 Å². The fraction of sp³-hybridized carbons (Fsp3) is 0.500. The van der Waals surface area contributed by atoms with Gasteiger partial charge in [0.15, 0.2) is 5.78 Å². The first-order valence-corrected chi connectivity index (χ1v) is 7.39. The van der Waals surface area contributed by atoms with Crippen LogP contribution in [0.2, 0.25) is 0 Å². The Labute approximate surface area is 124 Å². The normalized spacial score (nSPS) is 20.9. The zero-order valence-corrected chi connectivity index (χ0v) is 12.0. The summed E-state index contributed by atoms with van der Waals surface area (Å²) < 4.78 is 0. The zero-order chi connectivity index (χ0) is 15.2. The number of benzene rings is 1. The van der Waals surface area contributed by atoms with Gasteiger partial charge < -0.3 is 16.2 Å². The molecule has 2 rings (SSSR count). The second-order valence-corrected chi connectivity index (χ2v) is 5.56. The molecular weight excluding hydrogens is 268 g/mol. The molecule has 3 atom stereocenters. The number of carboxylic acid groups (broad SMARTS) is 1. The molecule has 1 heterocycles. The monoisotopic (exact) mass is 290 g/mol. The van der Waals surface area contributed by atoms with Crippen molar-refractivity contribution in [3.63, 3.8) is 0 Å². The van der Waals surface area contributed by atoms with Crippen molar-refractivity contribution in [3.05, 3.63) is 35.9 Å². The van der Waals surface area contributed by atoms with Crippen molar-refractivity contribution in [2.45, 2.75) is 37.8 Å². The minimum atomic E-state index is -1.12. The van der Waals surface area contributed by atoms with E-state index in [-0.39, 0.29) is 11.8 Å². The number of hydrogen-bond acceptors (Lipinski definition) is 4. The number of rotatable bonds is 7. The lowest BCUT2D eigenvalue weighted by molar-refractivity contribution is -0.147. The van der Waals surface area contributed by atoms with E-state index in [1.807, 2.05) is 30.3 Å². The van der Waals surface area contributed by atoms with E-state index < -0.39 is 17.9 Å². The van der Waals surface area contributed by atoms with Crippen LogP contribution in [0.4, 0.5) is 0 Å². The van der Waals surface area contributed by atoms with Gasteiger partial charge >= 0.3 is 5.97 Å². The second-order valence-electron chi connectivity index (χ2n) is 5.56. The number of ketones is 1. The van der Waals surface area contributed by atoms with Gasteiger partial charge in [-0.2, -0.15) is 0 Å². The number of nitrogens with two attached hydrogens (primary N) is 1. The highest BCUT2D eigenvalue weighted by Crippen LogP contribution is 2.17. The van der Waals surface area contributed by atoms with Crippen molar-refractivity contribution in [1.82, 2.24) is 5.32 Å². The number of carbonyl (C=O) groups is 2. The summed E-state index contributed by atoms with van der Waals surface area (Å²) in [5.74, 6) is -2.51. The number of aliphatic carboxylic acids is 1. The molecule has 0 aromatic heterocycles. The first-order chi connectivity index (χ1) is 10.1. The number of carboxylic acids is 1. The third kappa shape index (κ3) is 4.12. The first-order valence-electron chi connectivity index (χ1n) is 7.39. The molecule has 0 aliphatic carbocycles. The van der Waals surface area contributed by atoms with Crippen LogP contribution in [0.1, 0.15) is 24.8 Å². The molecule has 114 valence electrons. The van der Waals surface area contributed by atoms with Crippen LogP contribution in [0.5, 0.6) is 0 Å². The minimum absolute atomic E-state index is 0.277. The third-order valence-electron chi connectivity index (χ3n) is 4.01. The van der Waals surface area contributed by atoms with Crippen molar-refractivity contribution < 1.29 is 14.7 Å². The number of hydrogen-bond donors (Lipinski definition) is 3. The quantitative estimate of drug-likeness (QED) is 0.651. The van der Waals surface area contributed by atoms with Crippen LogP contribution in [-0.2, 0) is 16.0 Å². The Morgan fingerprint density at radius 1 is 1.33 bits per heavy atom. The molecule has 1 aliphatic heterocycles. The number of Topliss-reactive ketones (excluding diaryl/α,β-unsaturated/α-hetero) is 1. The van der Waals surface area contributed by atoms with Crippen molar-refractivity contribution in [2.75, 3.05) is 6.54 Å². The maximum atomic E-state index is 12.3. The molecule has 1 saturated heterocycles. The van der Waals surface area contributed by atoms with Crippen LogP contribution in [0.3, 0.4) is 0 Å². The lowest BCUT2D eigenvalue weighted by Crippen LogP contribution is -2.47. The Bertz CT molecular complexity index is 484. The summed E-state index contributed by atoms with van der Waals surface area (Å²) in [6, 6.07) is 8.74. The van der Waals surface area contributed by atoms with Gasteiger partial charge in [-0.05, 0) is 37.8 Å². The van der Waals surface area contributed by atoms with Gasteiger partial charge in [-0.15, -0.1) is 0 Å². The van der Waals surface area contributed by atoms with Gasteiger partial charge in [0.1, 0.15) is 5.92 Å². The van der Waals surface area contributed by atoms with Crippen LogP contribution in [-0.4, -0.2) is 35.5 Å². The Morgan fingerprint density at radius 2 is 2.05 bits per heavy atom. The van der Waals surface area contributed by atoms with Gasteiger partial charge in [0, 0.05) is 6.04 Å². The van der Waals surface area contributed by atoms with Crippen molar-refractivity contribution >= 4 is 11.8 Å². The molecule has 1 aliphatic rings. The van der Waals surface area contributed by atoms with Crippen molar-refractivity contribution in [1.29, 1.82) is 0 Å². The highest BCUT2D eigenvalue weighted by Gasteiger charge is 2.37. The molecule has 1 aromatic rings. The minimum Gasteiger partial charge on any atom is -0.481 e. The van der Waals surface area contributed by atoms with E-state index in [2.05, 4.69) is 5.32 Å². The van der Waals surface area contributed by atoms with E-state index in [1.165, 1.54) is 0 Å². The Balaban J connectivity index is 1.97. The molecule has 5 heteroatoms. The molecule has 1 aromatic carbocycles. The predicted octanol–water partition coefficient (Wildman–Crippen LogP) is 0.968. The topological polar surface area (TPSA) is 92.4 Å². The number of nitrogens with one attached hydrogen (secondary N) is 1. The lowest BCUT2D eigenvalue weighted by atomic mass is 9.87. The van der Waals surface area contributed by atoms with Gasteiger partial charge in [0.2, 0.25) is 0 Å². The largest absolute Gasteiger partial charge is 0.481 e. The summed E-state index contributed by atoms with van der Waals surface area (Å²) in [5.41, 5.74) is 7.11. The second kappa shape index (κ2) is 7.33. The smallest absolute Gasteiger partial charge is 0.315 e. The van der Waals surface area contributed by atoms with E-state index in [0.717, 1.165) is 18.5 Å². The Kier molecular flexibility index (Phi) is 5.47. The van der Waals surface area contributed by atoms with E-state index in [0.29, 0.717) is 19.3 Å². The van der Waals surface area contributed by atoms with E-state index >= 15 is 0 Å². The molecule has 0 amide bonds.